The van der Waals surface area contributed by atoms with E-state index in [-0.39, 0.29) is 17.7 Å². The number of benzene rings is 2. The molecule has 0 radical (unpaired) electrons. The van der Waals surface area contributed by atoms with E-state index in [2.05, 4.69) is 10.2 Å². The van der Waals surface area contributed by atoms with Crippen LogP contribution < -0.4 is 10.1 Å². The summed E-state index contributed by atoms with van der Waals surface area (Å²) in [5.74, 6) is -0.419. The van der Waals surface area contributed by atoms with Crippen molar-refractivity contribution < 1.29 is 13.9 Å². The molecule has 0 saturated carbocycles. The summed E-state index contributed by atoms with van der Waals surface area (Å²) < 4.78 is 18.6. The Hall–Kier alpha value is -2.37. The zero-order valence-electron chi connectivity index (χ0n) is 15.8. The Labute approximate surface area is 169 Å². The van der Waals surface area contributed by atoms with Crippen molar-refractivity contribution in [2.24, 2.45) is 0 Å². The van der Waals surface area contributed by atoms with Gasteiger partial charge in [0.25, 0.3) is 0 Å². The van der Waals surface area contributed by atoms with E-state index < -0.39 is 5.82 Å². The van der Waals surface area contributed by atoms with Crippen LogP contribution in [0, 0.1) is 5.82 Å². The van der Waals surface area contributed by atoms with Gasteiger partial charge in [-0.05, 0) is 54.3 Å². The molecular weight excluding hydrogens is 379 g/mol. The van der Waals surface area contributed by atoms with Crippen molar-refractivity contribution in [3.63, 3.8) is 0 Å². The number of hydrogen-bond donors (Lipinski definition) is 1. The zero-order valence-corrected chi connectivity index (χ0v) is 16.6. The predicted octanol–water partition coefficient (Wildman–Crippen LogP) is 4.28. The summed E-state index contributed by atoms with van der Waals surface area (Å²) in [4.78, 5) is 14.5. The van der Waals surface area contributed by atoms with Crippen LogP contribution in [-0.4, -0.2) is 37.0 Å². The third kappa shape index (κ3) is 5.81. The molecule has 0 aromatic heterocycles. The van der Waals surface area contributed by atoms with E-state index in [4.69, 9.17) is 16.3 Å². The first-order valence-corrected chi connectivity index (χ1v) is 9.70. The van der Waals surface area contributed by atoms with Crippen LogP contribution in [0.3, 0.4) is 0 Å². The smallest absolute Gasteiger partial charge is 0.244 e. The highest BCUT2D eigenvalue weighted by Gasteiger charge is 2.20. The van der Waals surface area contributed by atoms with Gasteiger partial charge < -0.3 is 10.1 Å². The maximum atomic E-state index is 13.7. The third-order valence-electron chi connectivity index (χ3n) is 4.86. The highest BCUT2D eigenvalue weighted by molar-refractivity contribution is 6.30. The van der Waals surface area contributed by atoms with Crippen molar-refractivity contribution >= 4 is 23.6 Å². The minimum Gasteiger partial charge on any atom is -0.494 e. The lowest BCUT2D eigenvalue weighted by Gasteiger charge is -2.32. The normalized spacial score (nSPS) is 15.7. The molecule has 2 aromatic rings. The van der Waals surface area contributed by atoms with Crippen molar-refractivity contribution in [2.45, 2.75) is 25.4 Å². The molecule has 1 saturated heterocycles. The van der Waals surface area contributed by atoms with Gasteiger partial charge >= 0.3 is 0 Å². The highest BCUT2D eigenvalue weighted by Crippen LogP contribution is 2.19. The van der Waals surface area contributed by atoms with Gasteiger partial charge in [-0.25, -0.2) is 4.39 Å². The number of nitrogens with zero attached hydrogens (tertiary/aromatic N) is 1. The lowest BCUT2D eigenvalue weighted by Crippen LogP contribution is -2.43. The number of likely N-dealkylation sites (tertiary alicyclic amines) is 1. The van der Waals surface area contributed by atoms with Crippen molar-refractivity contribution in [1.29, 1.82) is 0 Å². The fourth-order valence-electron chi connectivity index (χ4n) is 3.29. The minimum absolute atomic E-state index is 0.159. The largest absolute Gasteiger partial charge is 0.494 e. The van der Waals surface area contributed by atoms with Gasteiger partial charge in [-0.3, -0.25) is 9.69 Å². The van der Waals surface area contributed by atoms with Crippen molar-refractivity contribution in [3.8, 4) is 5.75 Å². The molecule has 0 spiro atoms. The van der Waals surface area contributed by atoms with Gasteiger partial charge in [0.2, 0.25) is 5.91 Å². The monoisotopic (exact) mass is 402 g/mol. The number of methoxy groups -OCH3 is 1. The maximum absolute atomic E-state index is 13.7. The number of rotatable bonds is 6. The van der Waals surface area contributed by atoms with Gasteiger partial charge in [-0.15, -0.1) is 0 Å². The van der Waals surface area contributed by atoms with Crippen molar-refractivity contribution in [3.05, 3.63) is 70.5 Å². The molecule has 1 heterocycles. The van der Waals surface area contributed by atoms with E-state index in [1.54, 1.807) is 18.2 Å². The zero-order chi connectivity index (χ0) is 19.9. The maximum Gasteiger partial charge on any atom is 0.244 e. The van der Waals surface area contributed by atoms with Crippen LogP contribution in [0.5, 0.6) is 5.75 Å². The summed E-state index contributed by atoms with van der Waals surface area (Å²) in [6.45, 7) is 2.75. The Morgan fingerprint density at radius 3 is 2.61 bits per heavy atom. The molecule has 28 heavy (non-hydrogen) atoms. The molecule has 6 heteroatoms. The van der Waals surface area contributed by atoms with E-state index >= 15 is 0 Å². The summed E-state index contributed by atoms with van der Waals surface area (Å²) in [6.07, 6.45) is 4.86. The lowest BCUT2D eigenvalue weighted by atomic mass is 10.0. The quantitative estimate of drug-likeness (QED) is 0.733. The van der Waals surface area contributed by atoms with Crippen LogP contribution in [0.2, 0.25) is 5.02 Å². The van der Waals surface area contributed by atoms with Crippen LogP contribution in [0.25, 0.3) is 6.08 Å². The van der Waals surface area contributed by atoms with Gasteiger partial charge in [0.1, 0.15) is 0 Å². The Bertz CT molecular complexity index is 831. The summed E-state index contributed by atoms with van der Waals surface area (Å²) in [5, 5.41) is 3.78. The molecule has 2 aromatic carbocycles. The van der Waals surface area contributed by atoms with E-state index in [1.807, 2.05) is 24.3 Å². The molecule has 1 aliphatic rings. The van der Waals surface area contributed by atoms with E-state index in [1.165, 1.54) is 24.8 Å². The molecule has 0 bridgehead atoms. The van der Waals surface area contributed by atoms with E-state index in [0.29, 0.717) is 5.56 Å². The van der Waals surface area contributed by atoms with Gasteiger partial charge in [0.05, 0.1) is 7.11 Å². The molecule has 148 valence electrons. The molecule has 0 atom stereocenters. The molecule has 1 N–H and O–H groups in total. The van der Waals surface area contributed by atoms with E-state index in [9.17, 15) is 9.18 Å². The average molecular weight is 403 g/mol. The van der Waals surface area contributed by atoms with Crippen molar-refractivity contribution in [2.75, 3.05) is 20.2 Å². The summed E-state index contributed by atoms with van der Waals surface area (Å²) >= 11 is 5.92. The number of carbonyl (C=O) groups excluding carboxylic acids is 1. The predicted molar refractivity (Wildman–Crippen MR) is 110 cm³/mol. The summed E-state index contributed by atoms with van der Waals surface area (Å²) in [6, 6.07) is 12.7. The van der Waals surface area contributed by atoms with Gasteiger partial charge in [-0.2, -0.15) is 0 Å². The average Bonchev–Trinajstić information content (AvgIpc) is 2.70. The van der Waals surface area contributed by atoms with Crippen LogP contribution >= 0.6 is 11.6 Å². The van der Waals surface area contributed by atoms with Crippen molar-refractivity contribution in [1.82, 2.24) is 10.2 Å². The lowest BCUT2D eigenvalue weighted by molar-refractivity contribution is -0.117. The van der Waals surface area contributed by atoms with Gasteiger partial charge in [-0.1, -0.05) is 29.8 Å². The Balaban J connectivity index is 1.44. The second-order valence-electron chi connectivity index (χ2n) is 6.91. The van der Waals surface area contributed by atoms with E-state index in [0.717, 1.165) is 37.5 Å². The molecule has 4 nitrogen and oxygen atoms in total. The number of carbonyl (C=O) groups is 1. The first-order valence-electron chi connectivity index (χ1n) is 9.32. The SMILES string of the molecule is COc1ccc(/C=C/C(=O)NC2CCN(Cc3ccc(Cl)cc3)CC2)cc1F. The molecule has 0 unspecified atom stereocenters. The second kappa shape index (κ2) is 9.71. The summed E-state index contributed by atoms with van der Waals surface area (Å²) in [5.41, 5.74) is 1.85. The van der Waals surface area contributed by atoms with Crippen LogP contribution in [-0.2, 0) is 11.3 Å². The fourth-order valence-corrected chi connectivity index (χ4v) is 3.42. The Morgan fingerprint density at radius 1 is 1.25 bits per heavy atom. The number of amides is 1. The topological polar surface area (TPSA) is 41.6 Å². The van der Waals surface area contributed by atoms with Crippen LogP contribution in [0.4, 0.5) is 4.39 Å². The highest BCUT2D eigenvalue weighted by atomic mass is 35.5. The molecule has 1 aliphatic heterocycles. The number of hydrogen-bond acceptors (Lipinski definition) is 3. The van der Waals surface area contributed by atoms with Crippen LogP contribution in [0.1, 0.15) is 24.0 Å². The number of nitrogens with one attached hydrogen (secondary N) is 1. The second-order valence-corrected chi connectivity index (χ2v) is 7.35. The molecule has 1 amide bonds. The van der Waals surface area contributed by atoms with Gasteiger partial charge in [0.15, 0.2) is 11.6 Å². The first-order chi connectivity index (χ1) is 13.5. The van der Waals surface area contributed by atoms with Crippen LogP contribution in [0.15, 0.2) is 48.5 Å². The standard InChI is InChI=1S/C22H24ClFN2O2/c1-28-21-8-4-16(14-20(21)24)5-9-22(27)25-19-10-12-26(13-11-19)15-17-2-6-18(23)7-3-17/h2-9,14,19H,10-13,15H2,1H3,(H,25,27)/b9-5+. The Morgan fingerprint density at radius 2 is 1.96 bits per heavy atom. The van der Waals surface area contributed by atoms with Gasteiger partial charge in [0, 0.05) is 36.8 Å². The Kier molecular flexibility index (Phi) is 7.06. The molecular formula is C22H24ClFN2O2. The summed E-state index contributed by atoms with van der Waals surface area (Å²) in [7, 11) is 1.42. The first kappa shape index (κ1) is 20.4. The third-order valence-corrected chi connectivity index (χ3v) is 5.11. The fraction of sp³-hybridized carbons (Fsp3) is 0.318. The number of piperidine rings is 1. The molecule has 0 aliphatic carbocycles. The number of halogens is 2. The molecule has 3 rings (SSSR count). The molecule has 1 fully saturated rings. The number of ether oxygens (including phenoxy) is 1. The minimum atomic E-state index is -0.446.